The summed E-state index contributed by atoms with van der Waals surface area (Å²) in [6.07, 6.45) is 2.93. The van der Waals surface area contributed by atoms with Gasteiger partial charge in [0.1, 0.15) is 23.1 Å². The van der Waals surface area contributed by atoms with E-state index in [4.69, 9.17) is 14.2 Å². The van der Waals surface area contributed by atoms with Crippen LogP contribution >= 0.6 is 0 Å². The highest BCUT2D eigenvalue weighted by atomic mass is 16.6. The van der Waals surface area contributed by atoms with Gasteiger partial charge in [0.25, 0.3) is 0 Å². The van der Waals surface area contributed by atoms with Gasteiger partial charge in [-0.1, -0.05) is 0 Å². The van der Waals surface area contributed by atoms with Crippen molar-refractivity contribution in [1.82, 2.24) is 9.38 Å². The highest BCUT2D eigenvalue weighted by Gasteiger charge is 2.21. The van der Waals surface area contributed by atoms with Gasteiger partial charge in [0.05, 0.1) is 31.6 Å². The molecule has 3 heterocycles. The maximum Gasteiger partial charge on any atom is 0.341 e. The normalized spacial score (nSPS) is 18.8. The molecule has 3 rings (SSSR count). The van der Waals surface area contributed by atoms with E-state index in [9.17, 15) is 9.90 Å². The molecule has 0 saturated carbocycles. The van der Waals surface area contributed by atoms with Crippen molar-refractivity contribution in [3.05, 3.63) is 29.7 Å². The van der Waals surface area contributed by atoms with Gasteiger partial charge in [0, 0.05) is 18.5 Å². The zero-order valence-corrected chi connectivity index (χ0v) is 12.5. The van der Waals surface area contributed by atoms with Crippen molar-refractivity contribution in [3.63, 3.8) is 0 Å². The molecule has 2 aromatic heterocycles. The molecule has 118 valence electrons. The van der Waals surface area contributed by atoms with Crippen molar-refractivity contribution in [2.45, 2.75) is 26.1 Å². The number of carboxylic acid groups (broad SMARTS) is 1. The minimum atomic E-state index is -1.04. The highest BCUT2D eigenvalue weighted by molar-refractivity contribution is 5.91. The summed E-state index contributed by atoms with van der Waals surface area (Å²) in [5, 5.41) is 9.34. The van der Waals surface area contributed by atoms with Gasteiger partial charge in [-0.2, -0.15) is 0 Å². The molecule has 0 aromatic carbocycles. The molecule has 0 bridgehead atoms. The monoisotopic (exact) mass is 306 g/mol. The van der Waals surface area contributed by atoms with E-state index in [-0.39, 0.29) is 17.8 Å². The summed E-state index contributed by atoms with van der Waals surface area (Å²) in [7, 11) is 0. The maximum atomic E-state index is 11.4. The molecule has 1 aliphatic heterocycles. The van der Waals surface area contributed by atoms with Crippen LogP contribution < -0.4 is 4.74 Å². The second-order valence-corrected chi connectivity index (χ2v) is 5.39. The molecule has 1 aliphatic rings. The van der Waals surface area contributed by atoms with Crippen molar-refractivity contribution in [2.75, 3.05) is 19.8 Å². The van der Waals surface area contributed by atoms with Crippen LogP contribution in [0.4, 0.5) is 0 Å². The predicted molar refractivity (Wildman–Crippen MR) is 77.4 cm³/mol. The van der Waals surface area contributed by atoms with Crippen molar-refractivity contribution in [3.8, 4) is 5.75 Å². The zero-order chi connectivity index (χ0) is 15.7. The molecule has 1 N–H and O–H groups in total. The number of ether oxygens (including phenoxy) is 3. The molecule has 1 fully saturated rings. The van der Waals surface area contributed by atoms with E-state index in [1.807, 2.05) is 13.8 Å². The van der Waals surface area contributed by atoms with Crippen LogP contribution in [0, 0.1) is 0 Å². The van der Waals surface area contributed by atoms with Crippen LogP contribution in [-0.2, 0) is 9.47 Å². The zero-order valence-electron chi connectivity index (χ0n) is 12.5. The number of rotatable bonds is 4. The number of imidazole rings is 1. The van der Waals surface area contributed by atoms with E-state index in [2.05, 4.69) is 4.98 Å². The first-order chi connectivity index (χ1) is 10.5. The molecule has 1 unspecified atom stereocenters. The minimum Gasteiger partial charge on any atom is -0.490 e. The van der Waals surface area contributed by atoms with Crippen LogP contribution in [0.1, 0.15) is 36.0 Å². The molecule has 1 atom stereocenters. The average Bonchev–Trinajstić information content (AvgIpc) is 2.89. The first-order valence-corrected chi connectivity index (χ1v) is 7.16. The molecular weight excluding hydrogens is 288 g/mol. The quantitative estimate of drug-likeness (QED) is 0.929. The Morgan fingerprint density at radius 1 is 1.45 bits per heavy atom. The van der Waals surface area contributed by atoms with Crippen LogP contribution in [0.2, 0.25) is 0 Å². The predicted octanol–water partition coefficient (Wildman–Crippen LogP) is 1.91. The number of aromatic nitrogens is 2. The Hall–Kier alpha value is -2.12. The van der Waals surface area contributed by atoms with E-state index in [1.54, 1.807) is 16.7 Å². The highest BCUT2D eigenvalue weighted by Crippen LogP contribution is 2.25. The third-order valence-electron chi connectivity index (χ3n) is 3.31. The standard InChI is InChI=1S/C15H18N2O5/c1-9(2)22-12-5-14-16-11(13-8-20-3-4-21-13)7-17(14)6-10(12)15(18)19/h5-7,9,13H,3-4,8H2,1-2H3,(H,18,19). The van der Waals surface area contributed by atoms with Gasteiger partial charge in [-0.25, -0.2) is 9.78 Å². The Bertz CT molecular complexity index is 689. The van der Waals surface area contributed by atoms with Gasteiger partial charge in [-0.15, -0.1) is 0 Å². The summed E-state index contributed by atoms with van der Waals surface area (Å²) in [4.78, 5) is 15.9. The van der Waals surface area contributed by atoms with E-state index >= 15 is 0 Å². The van der Waals surface area contributed by atoms with Crippen LogP contribution in [0.25, 0.3) is 5.65 Å². The lowest BCUT2D eigenvalue weighted by Gasteiger charge is -2.20. The smallest absolute Gasteiger partial charge is 0.341 e. The largest absolute Gasteiger partial charge is 0.490 e. The van der Waals surface area contributed by atoms with Gasteiger partial charge in [-0.05, 0) is 13.8 Å². The Morgan fingerprint density at radius 2 is 2.27 bits per heavy atom. The number of hydrogen-bond donors (Lipinski definition) is 1. The van der Waals surface area contributed by atoms with Crippen molar-refractivity contribution in [1.29, 1.82) is 0 Å². The lowest BCUT2D eigenvalue weighted by molar-refractivity contribution is -0.0916. The SMILES string of the molecule is CC(C)Oc1cc2nc(C3COCCO3)cn2cc1C(=O)O. The third kappa shape index (κ3) is 2.90. The third-order valence-corrected chi connectivity index (χ3v) is 3.31. The van der Waals surface area contributed by atoms with Crippen LogP contribution in [0.15, 0.2) is 18.5 Å². The number of fused-ring (bicyclic) bond motifs is 1. The number of carbonyl (C=O) groups is 1. The van der Waals surface area contributed by atoms with E-state index in [0.29, 0.717) is 31.2 Å². The van der Waals surface area contributed by atoms with Gasteiger partial charge in [0.2, 0.25) is 0 Å². The second-order valence-electron chi connectivity index (χ2n) is 5.39. The molecule has 22 heavy (non-hydrogen) atoms. The van der Waals surface area contributed by atoms with Crippen molar-refractivity contribution in [2.24, 2.45) is 0 Å². The number of nitrogens with zero attached hydrogens (tertiary/aromatic N) is 2. The van der Waals surface area contributed by atoms with Crippen molar-refractivity contribution < 1.29 is 24.1 Å². The lowest BCUT2D eigenvalue weighted by atomic mass is 10.2. The summed E-state index contributed by atoms with van der Waals surface area (Å²) in [6, 6.07) is 1.64. The molecule has 0 radical (unpaired) electrons. The molecular formula is C15H18N2O5. The fourth-order valence-corrected chi connectivity index (χ4v) is 2.36. The Kier molecular flexibility index (Phi) is 4.00. The molecule has 7 nitrogen and oxygen atoms in total. The molecule has 0 spiro atoms. The van der Waals surface area contributed by atoms with Crippen LogP contribution in [-0.4, -0.2) is 46.4 Å². The molecule has 0 aliphatic carbocycles. The summed E-state index contributed by atoms with van der Waals surface area (Å²) in [5.41, 5.74) is 1.44. The number of pyridine rings is 1. The van der Waals surface area contributed by atoms with Gasteiger partial charge < -0.3 is 23.7 Å². The Morgan fingerprint density at radius 3 is 2.91 bits per heavy atom. The molecule has 2 aromatic rings. The Labute approximate surface area is 127 Å². The maximum absolute atomic E-state index is 11.4. The van der Waals surface area contributed by atoms with E-state index < -0.39 is 5.97 Å². The Balaban J connectivity index is 2.01. The number of carboxylic acids is 1. The number of aromatic carboxylic acids is 1. The molecule has 0 amide bonds. The minimum absolute atomic E-state index is 0.103. The van der Waals surface area contributed by atoms with Crippen LogP contribution in [0.5, 0.6) is 5.75 Å². The molecule has 7 heteroatoms. The second kappa shape index (κ2) is 5.94. The molecule has 1 saturated heterocycles. The fraction of sp³-hybridized carbons (Fsp3) is 0.467. The summed E-state index contributed by atoms with van der Waals surface area (Å²) in [6.45, 7) is 5.26. The number of hydrogen-bond acceptors (Lipinski definition) is 5. The van der Waals surface area contributed by atoms with E-state index in [0.717, 1.165) is 5.69 Å². The van der Waals surface area contributed by atoms with E-state index in [1.165, 1.54) is 6.20 Å². The first kappa shape index (κ1) is 14.8. The van der Waals surface area contributed by atoms with Gasteiger partial charge in [0.15, 0.2) is 0 Å². The van der Waals surface area contributed by atoms with Gasteiger partial charge >= 0.3 is 5.97 Å². The van der Waals surface area contributed by atoms with Gasteiger partial charge in [-0.3, -0.25) is 0 Å². The summed E-state index contributed by atoms with van der Waals surface area (Å²) >= 11 is 0. The summed E-state index contributed by atoms with van der Waals surface area (Å²) < 4.78 is 18.2. The summed E-state index contributed by atoms with van der Waals surface area (Å²) in [5.74, 6) is -0.724. The van der Waals surface area contributed by atoms with Crippen LogP contribution in [0.3, 0.4) is 0 Å². The fourth-order valence-electron chi connectivity index (χ4n) is 2.36. The van der Waals surface area contributed by atoms with Crippen molar-refractivity contribution >= 4 is 11.6 Å². The topological polar surface area (TPSA) is 82.3 Å². The lowest BCUT2D eigenvalue weighted by Crippen LogP contribution is -2.22. The first-order valence-electron chi connectivity index (χ1n) is 7.16. The average molecular weight is 306 g/mol.